The van der Waals surface area contributed by atoms with Crippen molar-refractivity contribution in [2.45, 2.75) is 18.2 Å². The molecule has 1 aliphatic heterocycles. The van der Waals surface area contributed by atoms with E-state index in [1.54, 1.807) is 11.9 Å². The van der Waals surface area contributed by atoms with Gasteiger partial charge in [0.15, 0.2) is 0 Å². The van der Waals surface area contributed by atoms with Gasteiger partial charge < -0.3 is 10.2 Å². The molecule has 1 fully saturated rings. The van der Waals surface area contributed by atoms with Gasteiger partial charge in [-0.3, -0.25) is 4.79 Å². The molecule has 0 saturated carbocycles. The fraction of sp³-hybridized carbons (Fsp3) is 0.583. The van der Waals surface area contributed by atoms with Crippen LogP contribution < -0.4 is 5.32 Å². The summed E-state index contributed by atoms with van der Waals surface area (Å²) in [6.45, 7) is 3.27. The smallest absolute Gasteiger partial charge is 0.246 e. The van der Waals surface area contributed by atoms with Crippen molar-refractivity contribution in [3.8, 4) is 0 Å². The SMILES string of the molecule is CCNc1ncc(S(=O)(=O)N2CCCN(C)C(=O)C2)cn1. The first-order valence-corrected chi connectivity index (χ1v) is 8.19. The van der Waals surface area contributed by atoms with Crippen LogP contribution in [0.4, 0.5) is 5.95 Å². The Kier molecular flexibility index (Phi) is 4.73. The van der Waals surface area contributed by atoms with Gasteiger partial charge in [0.1, 0.15) is 4.90 Å². The quantitative estimate of drug-likeness (QED) is 0.824. The molecule has 2 heterocycles. The molecule has 0 aromatic carbocycles. The highest BCUT2D eigenvalue weighted by atomic mass is 32.2. The van der Waals surface area contributed by atoms with E-state index < -0.39 is 10.0 Å². The summed E-state index contributed by atoms with van der Waals surface area (Å²) >= 11 is 0. The molecule has 0 atom stereocenters. The van der Waals surface area contributed by atoms with Crippen molar-refractivity contribution in [2.24, 2.45) is 0 Å². The Hall–Kier alpha value is -1.74. The number of rotatable bonds is 4. The van der Waals surface area contributed by atoms with E-state index in [1.807, 2.05) is 6.92 Å². The lowest BCUT2D eigenvalue weighted by Crippen LogP contribution is -2.38. The van der Waals surface area contributed by atoms with Crippen molar-refractivity contribution in [1.82, 2.24) is 19.2 Å². The van der Waals surface area contributed by atoms with Gasteiger partial charge in [0.2, 0.25) is 21.9 Å². The van der Waals surface area contributed by atoms with Crippen LogP contribution in [0.2, 0.25) is 0 Å². The van der Waals surface area contributed by atoms with E-state index in [1.165, 1.54) is 16.7 Å². The monoisotopic (exact) mass is 313 g/mol. The molecule has 0 aliphatic carbocycles. The Bertz CT molecular complexity index is 602. The topological polar surface area (TPSA) is 95.5 Å². The van der Waals surface area contributed by atoms with Crippen molar-refractivity contribution in [1.29, 1.82) is 0 Å². The van der Waals surface area contributed by atoms with Crippen LogP contribution in [-0.4, -0.2) is 66.7 Å². The maximum absolute atomic E-state index is 12.5. The Morgan fingerprint density at radius 3 is 2.57 bits per heavy atom. The van der Waals surface area contributed by atoms with Gasteiger partial charge in [-0.15, -0.1) is 0 Å². The van der Waals surface area contributed by atoms with Gasteiger partial charge in [-0.05, 0) is 13.3 Å². The van der Waals surface area contributed by atoms with E-state index in [0.717, 1.165) is 0 Å². The van der Waals surface area contributed by atoms with E-state index in [0.29, 0.717) is 32.0 Å². The van der Waals surface area contributed by atoms with Crippen LogP contribution in [0.1, 0.15) is 13.3 Å². The fourth-order valence-corrected chi connectivity index (χ4v) is 3.33. The molecular weight excluding hydrogens is 294 g/mol. The summed E-state index contributed by atoms with van der Waals surface area (Å²) in [6.07, 6.45) is 3.14. The molecule has 1 N–H and O–H groups in total. The summed E-state index contributed by atoms with van der Waals surface area (Å²) in [5, 5.41) is 2.90. The number of nitrogens with zero attached hydrogens (tertiary/aromatic N) is 4. The summed E-state index contributed by atoms with van der Waals surface area (Å²) in [6, 6.07) is 0. The summed E-state index contributed by atoms with van der Waals surface area (Å²) in [5.74, 6) is 0.171. The lowest BCUT2D eigenvalue weighted by Gasteiger charge is -2.19. The first kappa shape index (κ1) is 15.6. The van der Waals surface area contributed by atoms with E-state index in [2.05, 4.69) is 15.3 Å². The van der Waals surface area contributed by atoms with Gasteiger partial charge in [0.25, 0.3) is 0 Å². The predicted octanol–water partition coefficient (Wildman–Crippen LogP) is -0.239. The average molecular weight is 313 g/mol. The summed E-state index contributed by atoms with van der Waals surface area (Å²) < 4.78 is 26.2. The van der Waals surface area contributed by atoms with Crippen molar-refractivity contribution in [3.05, 3.63) is 12.4 Å². The zero-order chi connectivity index (χ0) is 15.5. The third-order valence-electron chi connectivity index (χ3n) is 3.24. The highest BCUT2D eigenvalue weighted by molar-refractivity contribution is 7.89. The zero-order valence-electron chi connectivity index (χ0n) is 12.1. The molecule has 1 aromatic rings. The molecular formula is C12H19N5O3S. The maximum atomic E-state index is 12.5. The molecule has 8 nitrogen and oxygen atoms in total. The van der Waals surface area contributed by atoms with Gasteiger partial charge in [0, 0.05) is 26.7 Å². The van der Waals surface area contributed by atoms with Crippen LogP contribution in [0.3, 0.4) is 0 Å². The Morgan fingerprint density at radius 1 is 1.29 bits per heavy atom. The Morgan fingerprint density at radius 2 is 1.95 bits per heavy atom. The van der Waals surface area contributed by atoms with Crippen molar-refractivity contribution in [3.63, 3.8) is 0 Å². The highest BCUT2D eigenvalue weighted by Crippen LogP contribution is 2.17. The standard InChI is InChI=1S/C12H19N5O3S/c1-3-13-12-14-7-10(8-15-12)21(19,20)17-6-4-5-16(2)11(18)9-17/h7-8H,3-6,9H2,1-2H3,(H,13,14,15). The van der Waals surface area contributed by atoms with Gasteiger partial charge in [0.05, 0.1) is 18.9 Å². The minimum absolute atomic E-state index is 0.00139. The number of anilines is 1. The van der Waals surface area contributed by atoms with E-state index >= 15 is 0 Å². The lowest BCUT2D eigenvalue weighted by atomic mass is 10.4. The second-order valence-electron chi connectivity index (χ2n) is 4.78. The molecule has 1 aliphatic rings. The first-order chi connectivity index (χ1) is 9.95. The third kappa shape index (κ3) is 3.48. The number of hydrogen-bond donors (Lipinski definition) is 1. The number of carbonyl (C=O) groups is 1. The molecule has 0 radical (unpaired) electrons. The number of amides is 1. The van der Waals surface area contributed by atoms with Crippen molar-refractivity contribution < 1.29 is 13.2 Å². The molecule has 0 bridgehead atoms. The molecule has 1 aromatic heterocycles. The van der Waals surface area contributed by atoms with E-state index in [4.69, 9.17) is 0 Å². The number of aromatic nitrogens is 2. The van der Waals surface area contributed by atoms with Crippen molar-refractivity contribution >= 4 is 21.9 Å². The minimum atomic E-state index is -3.74. The Balaban J connectivity index is 2.22. The van der Waals surface area contributed by atoms with Crippen molar-refractivity contribution in [2.75, 3.05) is 38.5 Å². The lowest BCUT2D eigenvalue weighted by molar-refractivity contribution is -0.129. The summed E-state index contributed by atoms with van der Waals surface area (Å²) in [7, 11) is -2.07. The first-order valence-electron chi connectivity index (χ1n) is 6.75. The molecule has 116 valence electrons. The number of sulfonamides is 1. The minimum Gasteiger partial charge on any atom is -0.355 e. The Labute approximate surface area is 124 Å². The predicted molar refractivity (Wildman–Crippen MR) is 77.2 cm³/mol. The van der Waals surface area contributed by atoms with Gasteiger partial charge in [-0.25, -0.2) is 18.4 Å². The number of likely N-dealkylation sites (N-methyl/N-ethyl adjacent to an activating group) is 1. The number of carbonyl (C=O) groups excluding carboxylic acids is 1. The van der Waals surface area contributed by atoms with Crippen LogP contribution in [0, 0.1) is 0 Å². The number of nitrogens with one attached hydrogen (secondary N) is 1. The fourth-order valence-electron chi connectivity index (χ4n) is 2.01. The van der Waals surface area contributed by atoms with Crippen LogP contribution in [0.15, 0.2) is 17.3 Å². The molecule has 2 rings (SSSR count). The van der Waals surface area contributed by atoms with E-state index in [9.17, 15) is 13.2 Å². The molecule has 1 saturated heterocycles. The van der Waals surface area contributed by atoms with Crippen LogP contribution in [0.25, 0.3) is 0 Å². The summed E-state index contributed by atoms with van der Waals surface area (Å²) in [5.41, 5.74) is 0. The molecule has 21 heavy (non-hydrogen) atoms. The average Bonchev–Trinajstić information content (AvgIpc) is 2.63. The normalized spacial score (nSPS) is 17.6. The highest BCUT2D eigenvalue weighted by Gasteiger charge is 2.30. The van der Waals surface area contributed by atoms with Gasteiger partial charge in [-0.2, -0.15) is 4.31 Å². The second kappa shape index (κ2) is 6.35. The van der Waals surface area contributed by atoms with E-state index in [-0.39, 0.29) is 17.3 Å². The number of hydrogen-bond acceptors (Lipinski definition) is 6. The largest absolute Gasteiger partial charge is 0.355 e. The zero-order valence-corrected chi connectivity index (χ0v) is 12.9. The van der Waals surface area contributed by atoms with Crippen LogP contribution in [0.5, 0.6) is 0 Å². The second-order valence-corrected chi connectivity index (χ2v) is 6.72. The molecule has 1 amide bonds. The molecule has 9 heteroatoms. The maximum Gasteiger partial charge on any atom is 0.246 e. The van der Waals surface area contributed by atoms with Crippen LogP contribution in [-0.2, 0) is 14.8 Å². The summed E-state index contributed by atoms with van der Waals surface area (Å²) in [4.78, 5) is 21.3. The van der Waals surface area contributed by atoms with Crippen LogP contribution >= 0.6 is 0 Å². The van der Waals surface area contributed by atoms with Gasteiger partial charge >= 0.3 is 0 Å². The third-order valence-corrected chi connectivity index (χ3v) is 5.04. The molecule has 0 unspecified atom stereocenters. The molecule has 0 spiro atoms. The van der Waals surface area contributed by atoms with Gasteiger partial charge in [-0.1, -0.05) is 0 Å².